The number of thiophene rings is 2. The van der Waals surface area contributed by atoms with Crippen LogP contribution in [-0.4, -0.2) is 9.97 Å². The summed E-state index contributed by atoms with van der Waals surface area (Å²) in [6.45, 7) is 7.20. The molecular formula is C15H18N4S2. The van der Waals surface area contributed by atoms with E-state index < -0.39 is 0 Å². The fraction of sp³-hybridized carbons (Fsp3) is 0.333. The van der Waals surface area contributed by atoms with Gasteiger partial charge in [0.2, 0.25) is 5.95 Å². The summed E-state index contributed by atoms with van der Waals surface area (Å²) in [5.41, 5.74) is 7.16. The monoisotopic (exact) mass is 318 g/mol. The number of rotatable bonds is 4. The largest absolute Gasteiger partial charge is 0.368 e. The Kier molecular flexibility index (Phi) is 3.82. The van der Waals surface area contributed by atoms with E-state index in [-0.39, 0.29) is 0 Å². The van der Waals surface area contributed by atoms with Crippen LogP contribution in [0.2, 0.25) is 0 Å². The highest BCUT2D eigenvalue weighted by atomic mass is 32.1. The predicted octanol–water partition coefficient (Wildman–Crippen LogP) is 4.13. The summed E-state index contributed by atoms with van der Waals surface area (Å²) in [5.74, 6) is 1.16. The van der Waals surface area contributed by atoms with Crippen molar-refractivity contribution in [2.24, 2.45) is 0 Å². The third-order valence-electron chi connectivity index (χ3n) is 3.46. The van der Waals surface area contributed by atoms with Gasteiger partial charge in [-0.25, -0.2) is 4.98 Å². The number of aryl methyl sites for hydroxylation is 3. The van der Waals surface area contributed by atoms with Crippen LogP contribution >= 0.6 is 22.7 Å². The van der Waals surface area contributed by atoms with Crippen LogP contribution in [0, 0.1) is 13.8 Å². The number of aromatic nitrogens is 2. The third-order valence-corrected chi connectivity index (χ3v) is 5.78. The lowest BCUT2D eigenvalue weighted by Crippen LogP contribution is -2.03. The molecule has 0 radical (unpaired) electrons. The Morgan fingerprint density at radius 1 is 1.14 bits per heavy atom. The molecule has 21 heavy (non-hydrogen) atoms. The van der Waals surface area contributed by atoms with Gasteiger partial charge in [-0.15, -0.1) is 22.7 Å². The van der Waals surface area contributed by atoms with E-state index in [1.807, 2.05) is 11.3 Å². The number of hydrogen-bond donors (Lipinski definition) is 2. The van der Waals surface area contributed by atoms with Crippen molar-refractivity contribution >= 4 is 44.7 Å². The van der Waals surface area contributed by atoms with Gasteiger partial charge in [-0.3, -0.25) is 0 Å². The average Bonchev–Trinajstić information content (AvgIpc) is 2.99. The highest BCUT2D eigenvalue weighted by Crippen LogP contribution is 2.30. The minimum atomic E-state index is 0.327. The van der Waals surface area contributed by atoms with Crippen molar-refractivity contribution in [3.63, 3.8) is 0 Å². The summed E-state index contributed by atoms with van der Waals surface area (Å²) in [4.78, 5) is 13.6. The minimum absolute atomic E-state index is 0.327. The Hall–Kier alpha value is -1.66. The molecule has 0 aromatic carbocycles. The fourth-order valence-corrected chi connectivity index (χ4v) is 4.17. The number of nitrogens with two attached hydrogens (primary N) is 1. The molecule has 0 fully saturated rings. The SMILES string of the molecule is CCc1cc2c(NCc3cc(C)c(C)s3)nc(N)nc2s1. The topological polar surface area (TPSA) is 63.8 Å². The summed E-state index contributed by atoms with van der Waals surface area (Å²) in [6.07, 6.45) is 1.00. The smallest absolute Gasteiger partial charge is 0.223 e. The van der Waals surface area contributed by atoms with E-state index in [1.54, 1.807) is 11.3 Å². The second kappa shape index (κ2) is 5.61. The van der Waals surface area contributed by atoms with E-state index in [2.05, 4.69) is 48.2 Å². The van der Waals surface area contributed by atoms with Gasteiger partial charge in [0.1, 0.15) is 10.6 Å². The van der Waals surface area contributed by atoms with Crippen molar-refractivity contribution in [2.75, 3.05) is 11.1 Å². The van der Waals surface area contributed by atoms with Crippen LogP contribution in [0.5, 0.6) is 0 Å². The minimum Gasteiger partial charge on any atom is -0.368 e. The first-order valence-electron chi connectivity index (χ1n) is 6.92. The zero-order valence-corrected chi connectivity index (χ0v) is 14.0. The van der Waals surface area contributed by atoms with Crippen molar-refractivity contribution in [1.29, 1.82) is 0 Å². The standard InChI is InChI=1S/C15H18N4S2/c1-4-10-6-12-13(18-15(16)19-14(12)21-10)17-7-11-5-8(2)9(3)20-11/h5-6H,4,7H2,1-3H3,(H3,16,17,18,19). The number of nitrogen functional groups attached to an aromatic ring is 1. The summed E-state index contributed by atoms with van der Waals surface area (Å²) < 4.78 is 0. The van der Waals surface area contributed by atoms with Gasteiger partial charge in [-0.1, -0.05) is 6.92 Å². The highest BCUT2D eigenvalue weighted by Gasteiger charge is 2.10. The van der Waals surface area contributed by atoms with E-state index in [0.717, 1.165) is 29.0 Å². The zero-order chi connectivity index (χ0) is 15.0. The van der Waals surface area contributed by atoms with E-state index >= 15 is 0 Å². The molecule has 110 valence electrons. The molecule has 0 aliphatic rings. The number of nitrogens with one attached hydrogen (secondary N) is 1. The molecule has 6 heteroatoms. The molecule has 0 unspecified atom stereocenters. The lowest BCUT2D eigenvalue weighted by molar-refractivity contribution is 1.13. The molecule has 0 saturated carbocycles. The third kappa shape index (κ3) is 2.87. The van der Waals surface area contributed by atoms with E-state index in [9.17, 15) is 0 Å². The van der Waals surface area contributed by atoms with Crippen LogP contribution in [0.25, 0.3) is 10.2 Å². The molecule has 4 nitrogen and oxygen atoms in total. The average molecular weight is 318 g/mol. The van der Waals surface area contributed by atoms with Crippen molar-refractivity contribution < 1.29 is 0 Å². The molecule has 0 saturated heterocycles. The second-order valence-corrected chi connectivity index (χ2v) is 7.48. The lowest BCUT2D eigenvalue weighted by Gasteiger charge is -2.06. The van der Waals surface area contributed by atoms with Crippen LogP contribution in [0.4, 0.5) is 11.8 Å². The molecule has 3 aromatic heterocycles. The van der Waals surface area contributed by atoms with Crippen LogP contribution in [0.1, 0.15) is 27.1 Å². The molecule has 3 rings (SSSR count). The Labute approximate surface area is 132 Å². The quantitative estimate of drug-likeness (QED) is 0.759. The van der Waals surface area contributed by atoms with Gasteiger partial charge in [0, 0.05) is 14.6 Å². The summed E-state index contributed by atoms with van der Waals surface area (Å²) in [6, 6.07) is 4.38. The number of anilines is 2. The number of nitrogens with zero attached hydrogens (tertiary/aromatic N) is 2. The Morgan fingerprint density at radius 2 is 1.95 bits per heavy atom. The molecule has 3 heterocycles. The van der Waals surface area contributed by atoms with Gasteiger partial charge < -0.3 is 11.1 Å². The van der Waals surface area contributed by atoms with E-state index in [4.69, 9.17) is 5.73 Å². The summed E-state index contributed by atoms with van der Waals surface area (Å²) >= 11 is 3.50. The van der Waals surface area contributed by atoms with Gasteiger partial charge in [0.25, 0.3) is 0 Å². The number of hydrogen-bond acceptors (Lipinski definition) is 6. The number of fused-ring (bicyclic) bond motifs is 1. The molecule has 0 spiro atoms. The molecule has 0 atom stereocenters. The molecule has 0 amide bonds. The summed E-state index contributed by atoms with van der Waals surface area (Å²) in [7, 11) is 0. The Bertz CT molecular complexity index is 769. The first-order valence-corrected chi connectivity index (χ1v) is 8.56. The molecule has 0 aliphatic heterocycles. The lowest BCUT2D eigenvalue weighted by atomic mass is 10.3. The molecule has 0 bridgehead atoms. The van der Waals surface area contributed by atoms with Crippen LogP contribution in [0.15, 0.2) is 12.1 Å². The zero-order valence-electron chi connectivity index (χ0n) is 12.4. The van der Waals surface area contributed by atoms with Gasteiger partial charge in [0.15, 0.2) is 0 Å². The molecular weight excluding hydrogens is 300 g/mol. The van der Waals surface area contributed by atoms with Crippen molar-refractivity contribution in [2.45, 2.75) is 33.7 Å². The normalized spacial score (nSPS) is 11.2. The van der Waals surface area contributed by atoms with Crippen LogP contribution < -0.4 is 11.1 Å². The van der Waals surface area contributed by atoms with Gasteiger partial charge in [-0.2, -0.15) is 4.98 Å². The predicted molar refractivity (Wildman–Crippen MR) is 92.3 cm³/mol. The first kappa shape index (κ1) is 14.3. The van der Waals surface area contributed by atoms with Crippen LogP contribution in [-0.2, 0) is 13.0 Å². The Balaban J connectivity index is 1.90. The molecule has 0 aliphatic carbocycles. The molecule has 3 N–H and O–H groups in total. The maximum Gasteiger partial charge on any atom is 0.223 e. The second-order valence-electron chi connectivity index (χ2n) is 5.02. The van der Waals surface area contributed by atoms with Crippen molar-refractivity contribution in [3.8, 4) is 0 Å². The van der Waals surface area contributed by atoms with Crippen molar-refractivity contribution in [3.05, 3.63) is 32.3 Å². The maximum absolute atomic E-state index is 5.82. The first-order chi connectivity index (χ1) is 10.1. The van der Waals surface area contributed by atoms with Crippen LogP contribution in [0.3, 0.4) is 0 Å². The van der Waals surface area contributed by atoms with E-state index in [1.165, 1.54) is 20.2 Å². The fourth-order valence-electron chi connectivity index (χ4n) is 2.20. The van der Waals surface area contributed by atoms with E-state index in [0.29, 0.717) is 5.95 Å². The summed E-state index contributed by atoms with van der Waals surface area (Å²) in [5, 5.41) is 4.47. The van der Waals surface area contributed by atoms with Gasteiger partial charge in [-0.05, 0) is 38.0 Å². The van der Waals surface area contributed by atoms with Gasteiger partial charge >= 0.3 is 0 Å². The molecule has 3 aromatic rings. The van der Waals surface area contributed by atoms with Gasteiger partial charge in [0.05, 0.1) is 11.9 Å². The maximum atomic E-state index is 5.82. The van der Waals surface area contributed by atoms with Crippen molar-refractivity contribution in [1.82, 2.24) is 9.97 Å². The Morgan fingerprint density at radius 3 is 2.62 bits per heavy atom. The highest BCUT2D eigenvalue weighted by molar-refractivity contribution is 7.18.